The normalized spacial score (nSPS) is 28.7. The zero-order valence-electron chi connectivity index (χ0n) is 15.0. The van der Waals surface area contributed by atoms with E-state index in [9.17, 15) is 0 Å². The van der Waals surface area contributed by atoms with Gasteiger partial charge in [0.2, 0.25) is 0 Å². The molecule has 0 bridgehead atoms. The van der Waals surface area contributed by atoms with Crippen LogP contribution < -0.4 is 5.32 Å². The Morgan fingerprint density at radius 2 is 1.90 bits per heavy atom. The van der Waals surface area contributed by atoms with Crippen LogP contribution in [-0.4, -0.2) is 24.8 Å². The van der Waals surface area contributed by atoms with Gasteiger partial charge in [-0.25, -0.2) is 0 Å². The molecule has 0 amide bonds. The van der Waals surface area contributed by atoms with E-state index in [1.807, 2.05) is 0 Å². The van der Waals surface area contributed by atoms with E-state index >= 15 is 0 Å². The monoisotopic (exact) mass is 295 g/mol. The molecule has 3 unspecified atom stereocenters. The van der Waals surface area contributed by atoms with Gasteiger partial charge in [0.05, 0.1) is 5.60 Å². The van der Waals surface area contributed by atoms with Crippen LogP contribution in [0.1, 0.15) is 79.6 Å². The predicted octanol–water partition coefficient (Wildman–Crippen LogP) is 4.78. The van der Waals surface area contributed by atoms with E-state index in [0.717, 1.165) is 25.0 Å². The Labute approximate surface area is 132 Å². The summed E-state index contributed by atoms with van der Waals surface area (Å²) in [7, 11) is 0. The Bertz CT molecular complexity index is 314. The molecule has 1 aliphatic heterocycles. The molecule has 0 aromatic carbocycles. The van der Waals surface area contributed by atoms with Gasteiger partial charge in [-0.15, -0.1) is 0 Å². The van der Waals surface area contributed by atoms with Crippen LogP contribution in [0.25, 0.3) is 0 Å². The fraction of sp³-hybridized carbons (Fsp3) is 1.00. The zero-order chi connectivity index (χ0) is 15.5. The molecule has 1 heterocycles. The van der Waals surface area contributed by atoms with Crippen LogP contribution in [0.15, 0.2) is 0 Å². The topological polar surface area (TPSA) is 21.3 Å². The molecule has 3 atom stereocenters. The number of hydrogen-bond donors (Lipinski definition) is 1. The molecular weight excluding hydrogens is 258 g/mol. The van der Waals surface area contributed by atoms with Gasteiger partial charge >= 0.3 is 0 Å². The van der Waals surface area contributed by atoms with Crippen LogP contribution in [0.2, 0.25) is 0 Å². The molecule has 2 nitrogen and oxygen atoms in total. The van der Waals surface area contributed by atoms with Gasteiger partial charge in [-0.1, -0.05) is 47.5 Å². The second-order valence-electron chi connectivity index (χ2n) is 8.66. The van der Waals surface area contributed by atoms with E-state index in [1.165, 1.54) is 44.9 Å². The smallest absolute Gasteiger partial charge is 0.0685 e. The Hall–Kier alpha value is -0.0800. The van der Waals surface area contributed by atoms with Crippen molar-refractivity contribution in [3.63, 3.8) is 0 Å². The minimum absolute atomic E-state index is 0.252. The largest absolute Gasteiger partial charge is 0.375 e. The molecule has 1 spiro atoms. The maximum absolute atomic E-state index is 6.23. The second kappa shape index (κ2) is 7.00. The first-order valence-corrected chi connectivity index (χ1v) is 9.24. The average Bonchev–Trinajstić information content (AvgIpc) is 2.85. The van der Waals surface area contributed by atoms with Crippen molar-refractivity contribution in [2.24, 2.45) is 17.3 Å². The molecule has 0 aromatic rings. The molecule has 1 saturated heterocycles. The van der Waals surface area contributed by atoms with Crippen molar-refractivity contribution in [1.82, 2.24) is 5.32 Å². The molecule has 2 heteroatoms. The van der Waals surface area contributed by atoms with Gasteiger partial charge in [0, 0.05) is 12.6 Å². The molecule has 21 heavy (non-hydrogen) atoms. The molecule has 1 N–H and O–H groups in total. The first-order valence-electron chi connectivity index (χ1n) is 9.24. The zero-order valence-corrected chi connectivity index (χ0v) is 15.0. The van der Waals surface area contributed by atoms with Gasteiger partial charge in [-0.3, -0.25) is 0 Å². The maximum Gasteiger partial charge on any atom is 0.0685 e. The summed E-state index contributed by atoms with van der Waals surface area (Å²) >= 11 is 0. The first kappa shape index (κ1) is 17.3. The van der Waals surface area contributed by atoms with Crippen molar-refractivity contribution >= 4 is 0 Å². The van der Waals surface area contributed by atoms with Gasteiger partial charge < -0.3 is 10.1 Å². The Balaban J connectivity index is 2.00. The van der Waals surface area contributed by atoms with Gasteiger partial charge in [0.25, 0.3) is 0 Å². The number of hydrogen-bond acceptors (Lipinski definition) is 2. The average molecular weight is 296 g/mol. The highest BCUT2D eigenvalue weighted by molar-refractivity contribution is 4.95. The van der Waals surface area contributed by atoms with Crippen molar-refractivity contribution in [3.8, 4) is 0 Å². The summed E-state index contributed by atoms with van der Waals surface area (Å²) in [5.41, 5.74) is 0.658. The minimum Gasteiger partial charge on any atom is -0.375 e. The van der Waals surface area contributed by atoms with Crippen molar-refractivity contribution in [2.75, 3.05) is 13.2 Å². The third-order valence-corrected chi connectivity index (χ3v) is 6.17. The van der Waals surface area contributed by atoms with E-state index in [4.69, 9.17) is 4.74 Å². The van der Waals surface area contributed by atoms with E-state index in [0.29, 0.717) is 11.5 Å². The van der Waals surface area contributed by atoms with Gasteiger partial charge in [-0.05, 0) is 55.9 Å². The van der Waals surface area contributed by atoms with E-state index < -0.39 is 0 Å². The maximum atomic E-state index is 6.23. The summed E-state index contributed by atoms with van der Waals surface area (Å²) in [5, 5.41) is 3.81. The van der Waals surface area contributed by atoms with Crippen molar-refractivity contribution in [1.29, 1.82) is 0 Å². The third-order valence-electron chi connectivity index (χ3n) is 6.17. The molecule has 124 valence electrons. The molecule has 1 aliphatic carbocycles. The quantitative estimate of drug-likeness (QED) is 0.788. The Morgan fingerprint density at radius 3 is 2.48 bits per heavy atom. The second-order valence-corrected chi connectivity index (χ2v) is 8.66. The molecule has 2 fully saturated rings. The van der Waals surface area contributed by atoms with Gasteiger partial charge in [0.1, 0.15) is 0 Å². The summed E-state index contributed by atoms with van der Waals surface area (Å²) in [6.45, 7) is 13.9. The minimum atomic E-state index is 0.252. The summed E-state index contributed by atoms with van der Waals surface area (Å²) in [5.74, 6) is 1.56. The number of rotatable bonds is 5. The first-order chi connectivity index (χ1) is 9.86. The van der Waals surface area contributed by atoms with Crippen LogP contribution in [0, 0.1) is 17.3 Å². The third kappa shape index (κ3) is 4.45. The van der Waals surface area contributed by atoms with Crippen molar-refractivity contribution < 1.29 is 4.74 Å². The highest BCUT2D eigenvalue weighted by atomic mass is 16.5. The molecular formula is C19H37NO. The lowest BCUT2D eigenvalue weighted by atomic mass is 9.73. The van der Waals surface area contributed by atoms with Crippen molar-refractivity contribution in [2.45, 2.75) is 91.2 Å². The van der Waals surface area contributed by atoms with E-state index in [-0.39, 0.29) is 5.60 Å². The number of ether oxygens (including phenoxy) is 1. The van der Waals surface area contributed by atoms with Crippen LogP contribution in [-0.2, 0) is 4.74 Å². The van der Waals surface area contributed by atoms with Crippen LogP contribution in [0.4, 0.5) is 0 Å². The molecule has 2 aliphatic rings. The van der Waals surface area contributed by atoms with E-state index in [2.05, 4.69) is 39.9 Å². The molecule has 2 rings (SSSR count). The van der Waals surface area contributed by atoms with Crippen LogP contribution in [0.5, 0.6) is 0 Å². The molecule has 0 aromatic heterocycles. The highest BCUT2D eigenvalue weighted by Gasteiger charge is 2.42. The van der Waals surface area contributed by atoms with Gasteiger partial charge in [0.15, 0.2) is 0 Å². The summed E-state index contributed by atoms with van der Waals surface area (Å²) in [6, 6.07) is 0.672. The van der Waals surface area contributed by atoms with Crippen molar-refractivity contribution in [3.05, 3.63) is 0 Å². The lowest BCUT2D eigenvalue weighted by molar-refractivity contribution is -0.0993. The lowest BCUT2D eigenvalue weighted by Crippen LogP contribution is -2.47. The summed E-state index contributed by atoms with van der Waals surface area (Å²) < 4.78 is 6.23. The predicted molar refractivity (Wildman–Crippen MR) is 90.6 cm³/mol. The Kier molecular flexibility index (Phi) is 5.76. The fourth-order valence-electron chi connectivity index (χ4n) is 4.22. The van der Waals surface area contributed by atoms with E-state index in [1.54, 1.807) is 0 Å². The SMILES string of the molecule is CCNC(CC(C)C(C)(C)C)C1CCOC2(CCCC2)C1. The Morgan fingerprint density at radius 1 is 1.24 bits per heavy atom. The number of nitrogens with one attached hydrogen (secondary N) is 1. The fourth-order valence-corrected chi connectivity index (χ4v) is 4.22. The summed E-state index contributed by atoms with van der Waals surface area (Å²) in [4.78, 5) is 0. The van der Waals surface area contributed by atoms with Crippen LogP contribution >= 0.6 is 0 Å². The summed E-state index contributed by atoms with van der Waals surface area (Å²) in [6.07, 6.45) is 9.19. The lowest BCUT2D eigenvalue weighted by Gasteiger charge is -2.43. The molecule has 1 saturated carbocycles. The molecule has 0 radical (unpaired) electrons. The highest BCUT2D eigenvalue weighted by Crippen LogP contribution is 2.44. The standard InChI is InChI=1S/C19H37NO/c1-6-20-17(13-15(2)18(3,4)5)16-9-12-21-19(14-16)10-7-8-11-19/h15-17,20H,6-14H2,1-5H3. The van der Waals surface area contributed by atoms with Gasteiger partial charge in [-0.2, -0.15) is 0 Å². The van der Waals surface area contributed by atoms with Crippen LogP contribution in [0.3, 0.4) is 0 Å².